The average Bonchev–Trinajstić information content (AvgIpc) is 3.55. The number of ketones is 1. The second-order valence-corrected chi connectivity index (χ2v) is 14.0. The zero-order valence-corrected chi connectivity index (χ0v) is 26.8. The van der Waals surface area contributed by atoms with E-state index in [0.29, 0.717) is 5.56 Å². The van der Waals surface area contributed by atoms with Gasteiger partial charge < -0.3 is 43.1 Å². The van der Waals surface area contributed by atoms with Gasteiger partial charge in [-0.2, -0.15) is 0 Å². The minimum absolute atomic E-state index is 0.194. The summed E-state index contributed by atoms with van der Waals surface area (Å²) >= 11 is 0. The summed E-state index contributed by atoms with van der Waals surface area (Å²) in [6, 6.07) is 1.54. The lowest BCUT2D eigenvalue weighted by molar-refractivity contribution is -0.451. The number of fused-ring (bicyclic) bond motifs is 3. The van der Waals surface area contributed by atoms with Crippen LogP contribution in [0.2, 0.25) is 0 Å². The summed E-state index contributed by atoms with van der Waals surface area (Å²) in [6.45, 7) is 9.33. The third kappa shape index (κ3) is 3.28. The third-order valence-electron chi connectivity index (χ3n) is 11.5. The molecule has 1 aromatic heterocycles. The van der Waals surface area contributed by atoms with Crippen LogP contribution in [0.3, 0.4) is 0 Å². The van der Waals surface area contributed by atoms with Crippen molar-refractivity contribution in [3.8, 4) is 0 Å². The van der Waals surface area contributed by atoms with Gasteiger partial charge in [0.15, 0.2) is 11.7 Å². The van der Waals surface area contributed by atoms with E-state index in [2.05, 4.69) is 0 Å². The molecule has 0 bridgehead atoms. The molecule has 14 nitrogen and oxygen atoms in total. The van der Waals surface area contributed by atoms with Crippen molar-refractivity contribution < 1.29 is 67.0 Å². The van der Waals surface area contributed by atoms with Crippen LogP contribution in [0.15, 0.2) is 35.2 Å². The number of rotatable bonds is 5. The number of Topliss-reactive ketones (excluding diaryl/α,β-unsaturated/α-hetero) is 1. The number of furan rings is 1. The van der Waals surface area contributed by atoms with Gasteiger partial charge in [0.25, 0.3) is 0 Å². The van der Waals surface area contributed by atoms with Crippen molar-refractivity contribution >= 4 is 29.7 Å². The van der Waals surface area contributed by atoms with Gasteiger partial charge in [-0.3, -0.25) is 19.2 Å². The molecule has 2 saturated carbocycles. The Balaban J connectivity index is 1.78. The highest BCUT2D eigenvalue weighted by atomic mass is 16.7. The van der Waals surface area contributed by atoms with Crippen LogP contribution in [-0.2, 0) is 52.4 Å². The Kier molecular flexibility index (Phi) is 6.68. The Morgan fingerprint density at radius 1 is 1.02 bits per heavy atom. The van der Waals surface area contributed by atoms with Gasteiger partial charge >= 0.3 is 23.9 Å². The zero-order chi connectivity index (χ0) is 34.0. The number of carbonyl (C=O) groups excluding carboxylic acids is 5. The van der Waals surface area contributed by atoms with E-state index < -0.39 is 98.6 Å². The topological polar surface area (TPSA) is 194 Å². The molecule has 3 saturated heterocycles. The summed E-state index contributed by atoms with van der Waals surface area (Å²) < 4.78 is 41.0. The predicted octanol–water partition coefficient (Wildman–Crippen LogP) is 1.32. The van der Waals surface area contributed by atoms with E-state index in [0.717, 1.165) is 27.0 Å². The van der Waals surface area contributed by atoms with Crippen molar-refractivity contribution in [2.75, 3.05) is 13.7 Å². The average molecular weight is 647 g/mol. The summed E-state index contributed by atoms with van der Waals surface area (Å²) in [5.41, 5.74) is -12.0. The monoisotopic (exact) mass is 646 g/mol. The van der Waals surface area contributed by atoms with E-state index in [1.54, 1.807) is 6.92 Å². The minimum atomic E-state index is -2.86. The Hall–Kier alpha value is -3.59. The molecule has 0 amide bonds. The van der Waals surface area contributed by atoms with E-state index in [1.807, 2.05) is 0 Å². The molecule has 0 aromatic carbocycles. The van der Waals surface area contributed by atoms with Crippen LogP contribution >= 0.6 is 0 Å². The van der Waals surface area contributed by atoms with Crippen LogP contribution in [0.5, 0.6) is 0 Å². The van der Waals surface area contributed by atoms with Gasteiger partial charge in [0, 0.05) is 36.8 Å². The molecular weight excluding hydrogens is 608 g/mol. The Bertz CT molecular complexity index is 1560. The first-order valence-electron chi connectivity index (χ1n) is 14.9. The standard InChI is InChI=1S/C32H38O14/c1-15(33)43-20-21-27(5,11-9-19(35)40-8)30(38)25(37)26(3,4)46-32(30,39)29(21,7)31-18(14-42-31)24(36)45-22(17-10-12-41-13-17)28(31,6)23(20)44-16(2)34/h9-13,18,20-23,38-39H,14H2,1-8H3/b11-9-/t18?,20?,21-,22+,23?,27?,28-,29?,30?,31?,32?/m1/s1. The number of esters is 4. The Morgan fingerprint density at radius 2 is 1.67 bits per heavy atom. The molecule has 5 aliphatic rings. The molecule has 3 aliphatic heterocycles. The van der Waals surface area contributed by atoms with Gasteiger partial charge in [0.05, 0.1) is 37.1 Å². The van der Waals surface area contributed by atoms with Crippen molar-refractivity contribution in [1.29, 1.82) is 0 Å². The highest BCUT2D eigenvalue weighted by Gasteiger charge is 2.98. The smallest absolute Gasteiger partial charge is 0.330 e. The quantitative estimate of drug-likeness (QED) is 0.264. The summed E-state index contributed by atoms with van der Waals surface area (Å²) in [7, 11) is 1.13. The number of methoxy groups -OCH3 is 1. The summed E-state index contributed by atoms with van der Waals surface area (Å²) in [5, 5.41) is 25.9. The van der Waals surface area contributed by atoms with Crippen LogP contribution in [0.25, 0.3) is 0 Å². The number of cyclic esters (lactones) is 1. The largest absolute Gasteiger partial charge is 0.472 e. The molecule has 250 valence electrons. The fraction of sp³-hybridized carbons (Fsp3) is 0.656. The van der Waals surface area contributed by atoms with Gasteiger partial charge in [-0.15, -0.1) is 0 Å². The first-order valence-corrected chi connectivity index (χ1v) is 14.9. The third-order valence-corrected chi connectivity index (χ3v) is 11.5. The molecule has 0 radical (unpaired) electrons. The van der Waals surface area contributed by atoms with Gasteiger partial charge in [-0.1, -0.05) is 19.9 Å². The predicted molar refractivity (Wildman–Crippen MR) is 150 cm³/mol. The molecule has 11 atom stereocenters. The van der Waals surface area contributed by atoms with Crippen molar-refractivity contribution in [1.82, 2.24) is 0 Å². The van der Waals surface area contributed by atoms with Crippen molar-refractivity contribution in [3.63, 3.8) is 0 Å². The molecule has 14 heteroatoms. The lowest BCUT2D eigenvalue weighted by Gasteiger charge is -2.75. The second kappa shape index (κ2) is 9.49. The Morgan fingerprint density at radius 3 is 2.20 bits per heavy atom. The molecule has 2 N–H and O–H groups in total. The van der Waals surface area contributed by atoms with Crippen LogP contribution in [-0.4, -0.2) is 88.4 Å². The number of hydrogen-bond donors (Lipinski definition) is 2. The first-order chi connectivity index (χ1) is 21.3. The Labute approximate surface area is 264 Å². The molecule has 1 aromatic rings. The number of ether oxygens (including phenoxy) is 6. The number of aliphatic hydroxyl groups is 2. The molecule has 1 spiro atoms. The highest BCUT2D eigenvalue weighted by Crippen LogP contribution is 2.83. The maximum absolute atomic E-state index is 14.4. The fourth-order valence-corrected chi connectivity index (χ4v) is 9.98. The van der Waals surface area contributed by atoms with Crippen molar-refractivity contribution in [2.45, 2.75) is 89.4 Å². The SMILES string of the molecule is COC(=O)/C=C\C1(C)[C@H]2C(OC(C)=O)C(OC(C)=O)[C@@]3(C)[C@H](c4ccoc4)OC(=O)C4COC43C2(C)C2(O)OC(C)(C)C(=O)C12O. The maximum Gasteiger partial charge on any atom is 0.330 e. The second-order valence-electron chi connectivity index (χ2n) is 14.0. The number of hydrogen-bond acceptors (Lipinski definition) is 14. The highest BCUT2D eigenvalue weighted by molar-refractivity contribution is 6.00. The lowest BCUT2D eigenvalue weighted by Crippen LogP contribution is -2.88. The maximum atomic E-state index is 14.4. The van der Waals surface area contributed by atoms with E-state index in [4.69, 9.17) is 32.8 Å². The van der Waals surface area contributed by atoms with Crippen molar-refractivity contribution in [2.24, 2.45) is 28.1 Å². The van der Waals surface area contributed by atoms with E-state index in [-0.39, 0.29) is 6.61 Å². The van der Waals surface area contributed by atoms with Crippen LogP contribution < -0.4 is 0 Å². The van der Waals surface area contributed by atoms with Crippen LogP contribution in [0, 0.1) is 28.1 Å². The number of carbonyl (C=O) groups is 5. The van der Waals surface area contributed by atoms with Crippen molar-refractivity contribution in [3.05, 3.63) is 36.3 Å². The molecule has 8 unspecified atom stereocenters. The van der Waals surface area contributed by atoms with Gasteiger partial charge in [0.1, 0.15) is 29.3 Å². The zero-order valence-electron chi connectivity index (χ0n) is 26.8. The molecule has 4 heterocycles. The molecule has 6 rings (SSSR count). The van der Waals surface area contributed by atoms with Crippen LogP contribution in [0.1, 0.15) is 60.1 Å². The van der Waals surface area contributed by atoms with Gasteiger partial charge in [0.2, 0.25) is 11.6 Å². The summed E-state index contributed by atoms with van der Waals surface area (Å²) in [6.07, 6.45) is 0.537. The summed E-state index contributed by atoms with van der Waals surface area (Å²) in [4.78, 5) is 66.6. The summed E-state index contributed by atoms with van der Waals surface area (Å²) in [5.74, 6) is -9.58. The molecule has 2 aliphatic carbocycles. The molecule has 5 fully saturated rings. The molecular formula is C32H38O14. The van der Waals surface area contributed by atoms with E-state index >= 15 is 0 Å². The normalized spacial score (nSPS) is 46.7. The van der Waals surface area contributed by atoms with Gasteiger partial charge in [-0.25, -0.2) is 4.79 Å². The fourth-order valence-electron chi connectivity index (χ4n) is 9.98. The first kappa shape index (κ1) is 32.4. The minimum Gasteiger partial charge on any atom is -0.472 e. The van der Waals surface area contributed by atoms with Gasteiger partial charge in [-0.05, 0) is 26.8 Å². The van der Waals surface area contributed by atoms with E-state index in [9.17, 15) is 34.2 Å². The molecule has 46 heavy (non-hydrogen) atoms. The van der Waals surface area contributed by atoms with E-state index in [1.165, 1.54) is 52.4 Å². The lowest BCUT2D eigenvalue weighted by atomic mass is 9.38. The van der Waals surface area contributed by atoms with Crippen LogP contribution in [0.4, 0.5) is 0 Å².